The van der Waals surface area contributed by atoms with E-state index in [9.17, 15) is 39.1 Å². The van der Waals surface area contributed by atoms with Crippen LogP contribution in [0.25, 0.3) is 11.1 Å². The summed E-state index contributed by atoms with van der Waals surface area (Å²) in [5.74, 6) is -1.22. The van der Waals surface area contributed by atoms with Gasteiger partial charge in [-0.25, -0.2) is 8.78 Å². The Morgan fingerprint density at radius 1 is 0.723 bits per heavy atom. The molecule has 2 heterocycles. The Kier molecular flexibility index (Phi) is 9.67. The second-order valence-electron chi connectivity index (χ2n) is 12.3. The van der Waals surface area contributed by atoms with E-state index in [2.05, 4.69) is 0 Å². The first-order valence-corrected chi connectivity index (χ1v) is 15.7. The highest BCUT2D eigenvalue weighted by Gasteiger charge is 2.49. The highest BCUT2D eigenvalue weighted by molar-refractivity contribution is 6.03. The maximum Gasteiger partial charge on any atom is 0.233 e. The molecule has 0 bridgehead atoms. The van der Waals surface area contributed by atoms with Gasteiger partial charge in [0.1, 0.15) is 41.8 Å². The number of benzene rings is 4. The van der Waals surface area contributed by atoms with Gasteiger partial charge in [-0.05, 0) is 84.0 Å². The zero-order valence-electron chi connectivity index (χ0n) is 25.5. The van der Waals surface area contributed by atoms with Gasteiger partial charge in [0.2, 0.25) is 5.91 Å². The number of aliphatic hydroxyl groups is 4. The van der Waals surface area contributed by atoms with Crippen LogP contribution in [0.1, 0.15) is 35.6 Å². The molecule has 0 saturated carbocycles. The summed E-state index contributed by atoms with van der Waals surface area (Å²) < 4.78 is 32.6. The third-order valence-corrected chi connectivity index (χ3v) is 9.28. The molecule has 0 radical (unpaired) electrons. The van der Waals surface area contributed by atoms with E-state index in [0.717, 1.165) is 22.3 Å². The van der Waals surface area contributed by atoms with Crippen LogP contribution >= 0.6 is 0 Å². The van der Waals surface area contributed by atoms with Crippen LogP contribution in [-0.4, -0.2) is 68.6 Å². The number of β-lactam (4-membered cyclic amide) rings is 1. The van der Waals surface area contributed by atoms with Crippen LogP contribution in [0.15, 0.2) is 91.0 Å². The van der Waals surface area contributed by atoms with E-state index in [0.29, 0.717) is 30.5 Å². The van der Waals surface area contributed by atoms with Gasteiger partial charge >= 0.3 is 0 Å². The van der Waals surface area contributed by atoms with Crippen molar-refractivity contribution in [3.8, 4) is 16.9 Å². The molecule has 0 aliphatic carbocycles. The van der Waals surface area contributed by atoms with Gasteiger partial charge in [-0.15, -0.1) is 0 Å². The Labute approximate surface area is 271 Å². The van der Waals surface area contributed by atoms with Crippen molar-refractivity contribution in [2.75, 3.05) is 11.5 Å². The van der Waals surface area contributed by atoms with Crippen molar-refractivity contribution in [3.63, 3.8) is 0 Å². The molecule has 2 saturated heterocycles. The Balaban J connectivity index is 1.19. The molecule has 2 fully saturated rings. The number of ether oxygens (including phenoxy) is 1. The van der Waals surface area contributed by atoms with E-state index in [1.54, 1.807) is 41.3 Å². The number of aromatic hydroxyl groups is 1. The molecule has 5 N–H and O–H groups in total. The maximum atomic E-state index is 13.7. The van der Waals surface area contributed by atoms with Gasteiger partial charge in [-0.3, -0.25) is 4.79 Å². The second-order valence-corrected chi connectivity index (χ2v) is 12.3. The standard InChI is InChI=1S/C37H37F2NO7/c38-25-11-6-21(7-12-25)2-1-3-29-33(40(37(29)46)27-15-13-26(39)14-16-27)28-17-10-24(19-30(28)42)23-8-4-22(5-9-23)18-31-34(43)36(45)35(44)32(20-41)47-31/h4-17,19,29,31-36,41-45H,1-3,18,20H2/t29-,31+,32-,33-,34+,35-,36-/m1/s1. The van der Waals surface area contributed by atoms with Crippen LogP contribution in [0.4, 0.5) is 14.5 Å². The zero-order valence-corrected chi connectivity index (χ0v) is 25.5. The number of halogens is 2. The number of carbonyl (C=O) groups is 1. The molecule has 246 valence electrons. The third-order valence-electron chi connectivity index (χ3n) is 9.28. The lowest BCUT2D eigenvalue weighted by Crippen LogP contribution is -2.58. The van der Waals surface area contributed by atoms with Crippen LogP contribution in [-0.2, 0) is 22.4 Å². The van der Waals surface area contributed by atoms with Gasteiger partial charge in [-0.2, -0.15) is 0 Å². The largest absolute Gasteiger partial charge is 0.508 e. The number of phenolic OH excluding ortho intramolecular Hbond substituents is 1. The number of hydrogen-bond acceptors (Lipinski definition) is 7. The quantitative estimate of drug-likeness (QED) is 0.161. The summed E-state index contributed by atoms with van der Waals surface area (Å²) in [6.45, 7) is -0.493. The van der Waals surface area contributed by atoms with Crippen LogP contribution in [0.3, 0.4) is 0 Å². The SMILES string of the molecule is O=C1[C@H](CCCc2ccc(F)cc2)[C@@H](c2ccc(-c3ccc(C[C@@H]4O[C@H](CO)[C@@H](O)[C@H](O)[C@H]4O)cc3)cc2O)N1c1ccc(F)cc1. The van der Waals surface area contributed by atoms with Crippen LogP contribution in [0, 0.1) is 17.6 Å². The number of aryl methyl sites for hydroxylation is 1. The zero-order chi connectivity index (χ0) is 33.2. The van der Waals surface area contributed by atoms with Crippen molar-refractivity contribution in [1.82, 2.24) is 0 Å². The van der Waals surface area contributed by atoms with Crippen molar-refractivity contribution in [3.05, 3.63) is 119 Å². The molecule has 0 aromatic heterocycles. The van der Waals surface area contributed by atoms with Crippen LogP contribution < -0.4 is 4.90 Å². The molecule has 6 rings (SSSR count). The molecule has 0 unspecified atom stereocenters. The third kappa shape index (κ3) is 6.79. The molecule has 10 heteroatoms. The smallest absolute Gasteiger partial charge is 0.233 e. The minimum atomic E-state index is -1.44. The predicted octanol–water partition coefficient (Wildman–Crippen LogP) is 4.45. The molecule has 8 nitrogen and oxygen atoms in total. The summed E-state index contributed by atoms with van der Waals surface area (Å²) in [4.78, 5) is 15.0. The summed E-state index contributed by atoms with van der Waals surface area (Å²) in [7, 11) is 0. The van der Waals surface area contributed by atoms with E-state index in [4.69, 9.17) is 4.74 Å². The van der Waals surface area contributed by atoms with Gasteiger partial charge in [0.15, 0.2) is 0 Å². The first-order chi connectivity index (χ1) is 22.6. The molecule has 2 aliphatic heterocycles. The van der Waals surface area contributed by atoms with Gasteiger partial charge < -0.3 is 35.2 Å². The molecule has 47 heavy (non-hydrogen) atoms. The maximum absolute atomic E-state index is 13.7. The number of anilines is 1. The van der Waals surface area contributed by atoms with Crippen LogP contribution in [0.5, 0.6) is 5.75 Å². The van der Waals surface area contributed by atoms with E-state index in [-0.39, 0.29) is 23.9 Å². The number of phenols is 1. The monoisotopic (exact) mass is 645 g/mol. The number of aliphatic hydroxyl groups excluding tert-OH is 4. The van der Waals surface area contributed by atoms with Crippen molar-refractivity contribution in [2.24, 2.45) is 5.92 Å². The molecule has 7 atom stereocenters. The summed E-state index contributed by atoms with van der Waals surface area (Å²) in [5.41, 5.74) is 4.41. The lowest BCUT2D eigenvalue weighted by molar-refractivity contribution is -0.228. The minimum Gasteiger partial charge on any atom is -0.508 e. The van der Waals surface area contributed by atoms with Crippen molar-refractivity contribution in [1.29, 1.82) is 0 Å². The first kappa shape index (κ1) is 32.7. The molecule has 1 amide bonds. The van der Waals surface area contributed by atoms with E-state index >= 15 is 0 Å². The Bertz CT molecular complexity index is 1680. The van der Waals surface area contributed by atoms with Crippen molar-refractivity contribution in [2.45, 2.75) is 62.2 Å². The number of hydrogen-bond donors (Lipinski definition) is 5. The fraction of sp³-hybridized carbons (Fsp3) is 0.324. The predicted molar refractivity (Wildman–Crippen MR) is 170 cm³/mol. The molecular weight excluding hydrogens is 608 g/mol. The van der Waals surface area contributed by atoms with Gasteiger partial charge in [0, 0.05) is 17.7 Å². The summed E-state index contributed by atoms with van der Waals surface area (Å²) in [6, 6.07) is 24.2. The molecule has 4 aromatic carbocycles. The van der Waals surface area contributed by atoms with Crippen LogP contribution in [0.2, 0.25) is 0 Å². The van der Waals surface area contributed by atoms with Gasteiger partial charge in [0.25, 0.3) is 0 Å². The number of carbonyl (C=O) groups excluding carboxylic acids is 1. The minimum absolute atomic E-state index is 0.0149. The van der Waals surface area contributed by atoms with Crippen molar-refractivity contribution >= 4 is 11.6 Å². The van der Waals surface area contributed by atoms with E-state index in [1.807, 2.05) is 30.3 Å². The Morgan fingerprint density at radius 3 is 1.96 bits per heavy atom. The summed E-state index contributed by atoms with van der Waals surface area (Å²) in [6.07, 6.45) is -3.83. The Morgan fingerprint density at radius 2 is 1.32 bits per heavy atom. The Hall–Kier alpha value is -4.19. The first-order valence-electron chi connectivity index (χ1n) is 15.7. The van der Waals surface area contributed by atoms with Crippen molar-refractivity contribution < 1.29 is 43.8 Å². The molecule has 4 aromatic rings. The van der Waals surface area contributed by atoms with E-state index < -0.39 is 54.9 Å². The lowest BCUT2D eigenvalue weighted by Gasteiger charge is -2.48. The summed E-state index contributed by atoms with van der Waals surface area (Å²) >= 11 is 0. The topological polar surface area (TPSA) is 131 Å². The number of nitrogens with zero attached hydrogens (tertiary/aromatic N) is 1. The molecule has 2 aliphatic rings. The summed E-state index contributed by atoms with van der Waals surface area (Å²) in [5, 5.41) is 51.3. The van der Waals surface area contributed by atoms with E-state index in [1.165, 1.54) is 24.3 Å². The highest BCUT2D eigenvalue weighted by atomic mass is 19.1. The second kappa shape index (κ2) is 13.9. The fourth-order valence-electron chi connectivity index (χ4n) is 6.64. The fourth-order valence-corrected chi connectivity index (χ4v) is 6.64. The van der Waals surface area contributed by atoms with Gasteiger partial charge in [0.05, 0.1) is 24.7 Å². The average Bonchev–Trinajstić information content (AvgIpc) is 3.08. The molecular formula is C37H37F2NO7. The average molecular weight is 646 g/mol. The molecule has 0 spiro atoms. The number of amides is 1. The normalized spacial score (nSPS) is 25.9. The highest BCUT2D eigenvalue weighted by Crippen LogP contribution is 2.48. The number of rotatable bonds is 10. The van der Waals surface area contributed by atoms with Gasteiger partial charge in [-0.1, -0.05) is 48.5 Å². The lowest BCUT2D eigenvalue weighted by atomic mass is 9.78.